The van der Waals surface area contributed by atoms with Gasteiger partial charge in [-0.05, 0) is 24.6 Å². The molecule has 1 rings (SSSR count). The molecule has 1 atom stereocenters. The zero-order chi connectivity index (χ0) is 15.8. The van der Waals surface area contributed by atoms with Crippen molar-refractivity contribution in [2.24, 2.45) is 0 Å². The van der Waals surface area contributed by atoms with Gasteiger partial charge in [-0.15, -0.1) is 0 Å². The first-order chi connectivity index (χ1) is 9.97. The van der Waals surface area contributed by atoms with Gasteiger partial charge in [0.25, 0.3) is 0 Å². The monoisotopic (exact) mass is 293 g/mol. The SMILES string of the molecule is CCCC[C@H](NC(=O)Nc1ccc(C#N)cc1F)C(=O)O. The topological polar surface area (TPSA) is 102 Å². The minimum atomic E-state index is -1.14. The Bertz CT molecular complexity index is 569. The first kappa shape index (κ1) is 16.4. The molecule has 21 heavy (non-hydrogen) atoms. The van der Waals surface area contributed by atoms with Crippen LogP contribution in [0.3, 0.4) is 0 Å². The number of amides is 2. The molecule has 6 nitrogen and oxygen atoms in total. The number of rotatable bonds is 6. The Labute approximate surface area is 121 Å². The number of anilines is 1. The van der Waals surface area contributed by atoms with E-state index in [1.165, 1.54) is 12.1 Å². The largest absolute Gasteiger partial charge is 0.480 e. The molecule has 0 fully saturated rings. The molecular weight excluding hydrogens is 277 g/mol. The van der Waals surface area contributed by atoms with Crippen molar-refractivity contribution >= 4 is 17.7 Å². The molecule has 0 aliphatic rings. The second-order valence-corrected chi connectivity index (χ2v) is 4.44. The molecule has 0 heterocycles. The van der Waals surface area contributed by atoms with Gasteiger partial charge in [-0.25, -0.2) is 14.0 Å². The Balaban J connectivity index is 2.68. The number of hydrogen-bond acceptors (Lipinski definition) is 3. The van der Waals surface area contributed by atoms with Crippen molar-refractivity contribution in [1.29, 1.82) is 5.26 Å². The lowest BCUT2D eigenvalue weighted by atomic mass is 10.1. The standard InChI is InChI=1S/C14H16FN3O3/c1-2-3-4-12(13(19)20)18-14(21)17-11-6-5-9(8-16)7-10(11)15/h5-7,12H,2-4H2,1H3,(H,19,20)(H2,17,18,21)/t12-/m0/s1. The number of aliphatic carboxylic acids is 1. The molecule has 0 aliphatic heterocycles. The Hall–Kier alpha value is -2.62. The van der Waals surface area contributed by atoms with E-state index in [9.17, 15) is 14.0 Å². The van der Waals surface area contributed by atoms with Crippen LogP contribution in [0.4, 0.5) is 14.9 Å². The number of nitriles is 1. The third-order valence-corrected chi connectivity index (χ3v) is 2.80. The molecule has 1 aromatic rings. The number of carbonyl (C=O) groups is 2. The van der Waals surface area contributed by atoms with E-state index in [0.29, 0.717) is 12.8 Å². The number of carboxylic acid groups (broad SMARTS) is 1. The summed E-state index contributed by atoms with van der Waals surface area (Å²) in [7, 11) is 0. The first-order valence-corrected chi connectivity index (χ1v) is 6.48. The zero-order valence-electron chi connectivity index (χ0n) is 11.5. The summed E-state index contributed by atoms with van der Waals surface area (Å²) < 4.78 is 13.6. The molecule has 3 N–H and O–H groups in total. The Kier molecular flexibility index (Phi) is 6.14. The molecule has 0 radical (unpaired) electrons. The number of halogens is 1. The molecule has 0 bridgehead atoms. The highest BCUT2D eigenvalue weighted by Crippen LogP contribution is 2.15. The molecule has 2 amide bonds. The van der Waals surface area contributed by atoms with Gasteiger partial charge >= 0.3 is 12.0 Å². The number of hydrogen-bond donors (Lipinski definition) is 3. The van der Waals surface area contributed by atoms with Crippen LogP contribution in [0, 0.1) is 17.1 Å². The minimum absolute atomic E-state index is 0.119. The van der Waals surface area contributed by atoms with Crippen LogP contribution in [-0.4, -0.2) is 23.1 Å². The van der Waals surface area contributed by atoms with Gasteiger partial charge in [0, 0.05) is 0 Å². The molecular formula is C14H16FN3O3. The van der Waals surface area contributed by atoms with Crippen molar-refractivity contribution in [2.75, 3.05) is 5.32 Å². The van der Waals surface area contributed by atoms with Crippen LogP contribution >= 0.6 is 0 Å². The first-order valence-electron chi connectivity index (χ1n) is 6.48. The normalized spacial score (nSPS) is 11.3. The van der Waals surface area contributed by atoms with E-state index in [2.05, 4.69) is 10.6 Å². The second kappa shape index (κ2) is 7.85. The molecule has 0 saturated carbocycles. The number of urea groups is 1. The van der Waals surface area contributed by atoms with Crippen molar-refractivity contribution in [3.05, 3.63) is 29.6 Å². The van der Waals surface area contributed by atoms with Crippen LogP contribution in [0.15, 0.2) is 18.2 Å². The van der Waals surface area contributed by atoms with Gasteiger partial charge in [0.1, 0.15) is 11.9 Å². The van der Waals surface area contributed by atoms with E-state index in [1.54, 1.807) is 6.07 Å². The second-order valence-electron chi connectivity index (χ2n) is 4.44. The summed E-state index contributed by atoms with van der Waals surface area (Å²) in [5.41, 5.74) is 0.0101. The van der Waals surface area contributed by atoms with Crippen LogP contribution in [0.2, 0.25) is 0 Å². The van der Waals surface area contributed by atoms with Gasteiger partial charge in [0.05, 0.1) is 17.3 Å². The molecule has 0 saturated heterocycles. The third kappa shape index (κ3) is 5.10. The van der Waals surface area contributed by atoms with Gasteiger partial charge in [0.15, 0.2) is 0 Å². The van der Waals surface area contributed by atoms with Crippen LogP contribution in [0.5, 0.6) is 0 Å². The summed E-state index contributed by atoms with van der Waals surface area (Å²) in [5, 5.41) is 22.1. The summed E-state index contributed by atoms with van der Waals surface area (Å²) >= 11 is 0. The van der Waals surface area contributed by atoms with E-state index < -0.39 is 23.9 Å². The highest BCUT2D eigenvalue weighted by atomic mass is 19.1. The van der Waals surface area contributed by atoms with Crippen molar-refractivity contribution < 1.29 is 19.1 Å². The van der Waals surface area contributed by atoms with Gasteiger partial charge < -0.3 is 15.7 Å². The quantitative estimate of drug-likeness (QED) is 0.749. The Morgan fingerprint density at radius 2 is 2.19 bits per heavy atom. The van der Waals surface area contributed by atoms with E-state index in [1.807, 2.05) is 6.92 Å². The van der Waals surface area contributed by atoms with E-state index in [0.717, 1.165) is 12.5 Å². The minimum Gasteiger partial charge on any atom is -0.480 e. The summed E-state index contributed by atoms with van der Waals surface area (Å²) in [4.78, 5) is 22.7. The molecule has 0 aliphatic carbocycles. The highest BCUT2D eigenvalue weighted by Gasteiger charge is 2.19. The summed E-state index contributed by atoms with van der Waals surface area (Å²) in [6, 6.07) is 3.53. The average Bonchev–Trinajstić information content (AvgIpc) is 2.45. The van der Waals surface area contributed by atoms with Gasteiger partial charge in [0.2, 0.25) is 0 Å². The zero-order valence-corrected chi connectivity index (χ0v) is 11.5. The van der Waals surface area contributed by atoms with Crippen molar-refractivity contribution in [3.63, 3.8) is 0 Å². The molecule has 0 unspecified atom stereocenters. The van der Waals surface area contributed by atoms with Gasteiger partial charge in [-0.3, -0.25) is 0 Å². The molecule has 112 valence electrons. The van der Waals surface area contributed by atoms with Crippen molar-refractivity contribution in [3.8, 4) is 6.07 Å². The lowest BCUT2D eigenvalue weighted by Crippen LogP contribution is -2.43. The Morgan fingerprint density at radius 1 is 1.48 bits per heavy atom. The van der Waals surface area contributed by atoms with Gasteiger partial charge in [-0.1, -0.05) is 19.8 Å². The number of carbonyl (C=O) groups excluding carboxylic acids is 1. The maximum absolute atomic E-state index is 13.6. The van der Waals surface area contributed by atoms with E-state index in [-0.39, 0.29) is 11.3 Å². The predicted molar refractivity (Wildman–Crippen MR) is 74.2 cm³/mol. The number of carboxylic acids is 1. The average molecular weight is 293 g/mol. The van der Waals surface area contributed by atoms with Crippen LogP contribution in [0.1, 0.15) is 31.7 Å². The van der Waals surface area contributed by atoms with Gasteiger partial charge in [-0.2, -0.15) is 5.26 Å². The number of unbranched alkanes of at least 4 members (excludes halogenated alkanes) is 1. The van der Waals surface area contributed by atoms with E-state index in [4.69, 9.17) is 10.4 Å². The highest BCUT2D eigenvalue weighted by molar-refractivity contribution is 5.92. The van der Waals surface area contributed by atoms with Crippen molar-refractivity contribution in [1.82, 2.24) is 5.32 Å². The smallest absolute Gasteiger partial charge is 0.326 e. The number of benzene rings is 1. The number of nitrogens with zero attached hydrogens (tertiary/aromatic N) is 1. The summed E-state index contributed by atoms with van der Waals surface area (Å²) in [6.45, 7) is 1.91. The van der Waals surface area contributed by atoms with E-state index >= 15 is 0 Å². The number of nitrogens with one attached hydrogen (secondary N) is 2. The maximum atomic E-state index is 13.6. The lowest BCUT2D eigenvalue weighted by molar-refractivity contribution is -0.139. The Morgan fingerprint density at radius 3 is 2.71 bits per heavy atom. The predicted octanol–water partition coefficient (Wildman–Crippen LogP) is 2.46. The molecule has 7 heteroatoms. The molecule has 1 aromatic carbocycles. The van der Waals surface area contributed by atoms with Crippen LogP contribution in [-0.2, 0) is 4.79 Å². The fraction of sp³-hybridized carbons (Fsp3) is 0.357. The maximum Gasteiger partial charge on any atom is 0.326 e. The summed E-state index contributed by atoms with van der Waals surface area (Å²) in [6.07, 6.45) is 1.76. The fourth-order valence-corrected chi connectivity index (χ4v) is 1.67. The fourth-order valence-electron chi connectivity index (χ4n) is 1.67. The van der Waals surface area contributed by atoms with Crippen LogP contribution in [0.25, 0.3) is 0 Å². The lowest BCUT2D eigenvalue weighted by Gasteiger charge is -2.15. The van der Waals surface area contributed by atoms with Crippen molar-refractivity contribution in [2.45, 2.75) is 32.2 Å². The van der Waals surface area contributed by atoms with Crippen LogP contribution < -0.4 is 10.6 Å². The third-order valence-electron chi connectivity index (χ3n) is 2.80. The summed E-state index contributed by atoms with van der Waals surface area (Å²) in [5.74, 6) is -1.90. The molecule has 0 spiro atoms. The molecule has 0 aromatic heterocycles.